The number of halogens is 1. The average molecular weight is 420 g/mol. The number of hydrogen-bond donors (Lipinski definition) is 2. The summed E-state index contributed by atoms with van der Waals surface area (Å²) >= 11 is 0. The van der Waals surface area contributed by atoms with Gasteiger partial charge in [0.2, 0.25) is 11.8 Å². The Hall–Kier alpha value is -3.15. The fourth-order valence-corrected chi connectivity index (χ4v) is 4.99. The fourth-order valence-electron chi connectivity index (χ4n) is 4.99. The second-order valence-electron chi connectivity index (χ2n) is 8.98. The van der Waals surface area contributed by atoms with E-state index in [-0.39, 0.29) is 11.7 Å². The predicted molar refractivity (Wildman–Crippen MR) is 117 cm³/mol. The van der Waals surface area contributed by atoms with Gasteiger partial charge in [-0.05, 0) is 73.4 Å². The van der Waals surface area contributed by atoms with Gasteiger partial charge in [-0.25, -0.2) is 4.39 Å². The molecule has 1 aromatic heterocycles. The van der Waals surface area contributed by atoms with Crippen LogP contribution in [0.1, 0.15) is 53.1 Å². The molecule has 5 nitrogen and oxygen atoms in total. The van der Waals surface area contributed by atoms with Crippen molar-refractivity contribution in [2.24, 2.45) is 11.1 Å². The van der Waals surface area contributed by atoms with Crippen LogP contribution in [-0.2, 0) is 11.2 Å². The highest BCUT2D eigenvalue weighted by Crippen LogP contribution is 2.50. The minimum Gasteiger partial charge on any atom is -0.366 e. The van der Waals surface area contributed by atoms with Gasteiger partial charge in [0.25, 0.3) is 0 Å². The highest BCUT2D eigenvalue weighted by Gasteiger charge is 2.52. The monoisotopic (exact) mass is 419 g/mol. The van der Waals surface area contributed by atoms with Crippen molar-refractivity contribution in [3.8, 4) is 0 Å². The lowest BCUT2D eigenvalue weighted by molar-refractivity contribution is -0.138. The van der Waals surface area contributed by atoms with Crippen molar-refractivity contribution in [3.05, 3.63) is 71.2 Å². The molecule has 3 N–H and O–H groups in total. The zero-order valence-electron chi connectivity index (χ0n) is 17.4. The summed E-state index contributed by atoms with van der Waals surface area (Å²) < 4.78 is 14.1. The summed E-state index contributed by atoms with van der Waals surface area (Å²) in [7, 11) is 0. The molecule has 1 saturated heterocycles. The molecular formula is C25H26FN3O2. The van der Waals surface area contributed by atoms with Crippen molar-refractivity contribution < 1.29 is 14.0 Å². The van der Waals surface area contributed by atoms with E-state index in [1.807, 2.05) is 29.3 Å². The molecule has 2 heterocycles. The molecule has 31 heavy (non-hydrogen) atoms. The van der Waals surface area contributed by atoms with Crippen LogP contribution in [0.3, 0.4) is 0 Å². The Bertz CT molecular complexity index is 1160. The Morgan fingerprint density at radius 3 is 2.55 bits per heavy atom. The number of primary amides is 1. The minimum atomic E-state index is -0.431. The molecule has 1 aliphatic carbocycles. The first-order valence-corrected chi connectivity index (χ1v) is 10.9. The first-order valence-electron chi connectivity index (χ1n) is 10.9. The molecule has 0 atom stereocenters. The summed E-state index contributed by atoms with van der Waals surface area (Å²) in [4.78, 5) is 30.1. The van der Waals surface area contributed by atoms with Gasteiger partial charge in [0.15, 0.2) is 0 Å². The Balaban J connectivity index is 1.28. The van der Waals surface area contributed by atoms with Crippen LogP contribution >= 0.6 is 0 Å². The van der Waals surface area contributed by atoms with Gasteiger partial charge >= 0.3 is 0 Å². The number of rotatable bonds is 5. The molecule has 2 aromatic carbocycles. The molecule has 3 aromatic rings. The maximum atomic E-state index is 14.1. The summed E-state index contributed by atoms with van der Waals surface area (Å²) in [5.41, 5.74) is 8.32. The lowest BCUT2D eigenvalue weighted by Gasteiger charge is -2.34. The number of aromatic nitrogens is 1. The van der Waals surface area contributed by atoms with Gasteiger partial charge in [0.05, 0.1) is 5.41 Å². The third kappa shape index (κ3) is 3.60. The van der Waals surface area contributed by atoms with E-state index in [9.17, 15) is 14.0 Å². The molecule has 160 valence electrons. The zero-order chi connectivity index (χ0) is 21.6. The lowest BCUT2D eigenvalue weighted by Crippen LogP contribution is -2.42. The number of amides is 2. The number of hydrogen-bond acceptors (Lipinski definition) is 2. The number of carbonyl (C=O) groups is 2. The molecule has 1 aliphatic heterocycles. The Labute approximate surface area is 180 Å². The molecule has 2 amide bonds. The molecule has 2 aliphatic rings. The maximum Gasteiger partial charge on any atom is 0.248 e. The highest BCUT2D eigenvalue weighted by molar-refractivity contribution is 5.98. The van der Waals surface area contributed by atoms with Gasteiger partial charge in [-0.3, -0.25) is 9.59 Å². The number of aromatic amines is 1. The van der Waals surface area contributed by atoms with Crippen LogP contribution in [0.25, 0.3) is 10.9 Å². The van der Waals surface area contributed by atoms with Crippen molar-refractivity contribution in [2.75, 3.05) is 13.1 Å². The molecule has 0 spiro atoms. The van der Waals surface area contributed by atoms with Gasteiger partial charge in [-0.2, -0.15) is 0 Å². The summed E-state index contributed by atoms with van der Waals surface area (Å²) in [6.45, 7) is 1.40. The summed E-state index contributed by atoms with van der Waals surface area (Å²) in [5.74, 6) is -0.166. The minimum absolute atomic E-state index is 0.171. The number of carbonyl (C=O) groups excluding carboxylic acids is 2. The van der Waals surface area contributed by atoms with E-state index in [4.69, 9.17) is 5.73 Å². The number of nitrogens with one attached hydrogen (secondary N) is 1. The van der Waals surface area contributed by atoms with Gasteiger partial charge in [-0.15, -0.1) is 0 Å². The first-order chi connectivity index (χ1) is 15.0. The van der Waals surface area contributed by atoms with Gasteiger partial charge in [0.1, 0.15) is 5.82 Å². The molecule has 6 heteroatoms. The van der Waals surface area contributed by atoms with E-state index in [2.05, 4.69) is 4.98 Å². The Morgan fingerprint density at radius 1 is 1.13 bits per heavy atom. The van der Waals surface area contributed by atoms with Crippen LogP contribution < -0.4 is 5.73 Å². The third-order valence-electron chi connectivity index (χ3n) is 7.01. The Kier molecular flexibility index (Phi) is 4.80. The summed E-state index contributed by atoms with van der Waals surface area (Å²) in [5, 5.41) is 1.03. The number of piperidine rings is 1. The number of likely N-dealkylation sites (tertiary alicyclic amines) is 1. The average Bonchev–Trinajstić information content (AvgIpc) is 3.44. The van der Waals surface area contributed by atoms with Crippen LogP contribution in [0, 0.1) is 11.2 Å². The molecule has 2 fully saturated rings. The normalized spacial score (nSPS) is 18.3. The smallest absolute Gasteiger partial charge is 0.248 e. The van der Waals surface area contributed by atoms with Crippen LogP contribution in [0.5, 0.6) is 0 Å². The standard InChI is InChI=1S/C25H26FN3O2/c26-21-4-2-1-3-18(21)14-25(9-10-25)24(31)29-11-7-16(8-12-29)20-15-28-22-6-5-17(23(27)30)13-19(20)22/h1-6,13,15-16,28H,7-12,14H2,(H2,27,30). The topological polar surface area (TPSA) is 79.2 Å². The number of nitrogens with two attached hydrogens (primary N) is 1. The largest absolute Gasteiger partial charge is 0.366 e. The zero-order valence-corrected chi connectivity index (χ0v) is 17.4. The van der Waals surface area contributed by atoms with Crippen LogP contribution in [-0.4, -0.2) is 34.8 Å². The van der Waals surface area contributed by atoms with Crippen molar-refractivity contribution in [1.29, 1.82) is 0 Å². The number of fused-ring (bicyclic) bond motifs is 1. The molecule has 5 rings (SSSR count). The lowest BCUT2D eigenvalue weighted by atomic mass is 9.87. The second kappa shape index (κ2) is 7.52. The van der Waals surface area contributed by atoms with E-state index >= 15 is 0 Å². The van der Waals surface area contributed by atoms with Crippen LogP contribution in [0.15, 0.2) is 48.7 Å². The third-order valence-corrected chi connectivity index (χ3v) is 7.01. The Morgan fingerprint density at radius 2 is 1.87 bits per heavy atom. The number of H-pyrrole nitrogens is 1. The van der Waals surface area contributed by atoms with Crippen molar-refractivity contribution in [3.63, 3.8) is 0 Å². The molecule has 0 bridgehead atoms. The second-order valence-corrected chi connectivity index (χ2v) is 8.98. The van der Waals surface area contributed by atoms with Crippen molar-refractivity contribution in [1.82, 2.24) is 9.88 Å². The number of benzene rings is 2. The van der Waals surface area contributed by atoms with E-state index < -0.39 is 11.3 Å². The van der Waals surface area contributed by atoms with Crippen molar-refractivity contribution in [2.45, 2.75) is 38.0 Å². The van der Waals surface area contributed by atoms with E-state index in [1.165, 1.54) is 11.6 Å². The van der Waals surface area contributed by atoms with Gasteiger partial charge in [0, 0.05) is 35.8 Å². The van der Waals surface area contributed by atoms with Crippen molar-refractivity contribution >= 4 is 22.7 Å². The van der Waals surface area contributed by atoms with Crippen LogP contribution in [0.2, 0.25) is 0 Å². The van der Waals surface area contributed by atoms with Crippen LogP contribution in [0.4, 0.5) is 4.39 Å². The predicted octanol–water partition coefficient (Wildman–Crippen LogP) is 4.13. The summed E-state index contributed by atoms with van der Waals surface area (Å²) in [6.07, 6.45) is 5.90. The molecular weight excluding hydrogens is 393 g/mol. The summed E-state index contributed by atoms with van der Waals surface area (Å²) in [6, 6.07) is 12.2. The van der Waals surface area contributed by atoms with E-state index in [0.29, 0.717) is 36.6 Å². The molecule has 0 unspecified atom stereocenters. The quantitative estimate of drug-likeness (QED) is 0.652. The molecule has 0 radical (unpaired) electrons. The van der Waals surface area contributed by atoms with E-state index in [1.54, 1.807) is 18.2 Å². The fraction of sp³-hybridized carbons (Fsp3) is 0.360. The first kappa shape index (κ1) is 19.8. The van der Waals surface area contributed by atoms with Gasteiger partial charge in [-0.1, -0.05) is 18.2 Å². The maximum absolute atomic E-state index is 14.1. The van der Waals surface area contributed by atoms with E-state index in [0.717, 1.165) is 36.6 Å². The highest BCUT2D eigenvalue weighted by atomic mass is 19.1. The number of nitrogens with zero attached hydrogens (tertiary/aromatic N) is 1. The SMILES string of the molecule is NC(=O)c1ccc2[nH]cc(C3CCN(C(=O)C4(Cc5ccccc5F)CC4)CC3)c2c1. The van der Waals surface area contributed by atoms with Gasteiger partial charge < -0.3 is 15.6 Å². The molecule has 1 saturated carbocycles.